The van der Waals surface area contributed by atoms with Gasteiger partial charge in [0.2, 0.25) is 0 Å². The van der Waals surface area contributed by atoms with Crippen LogP contribution in [0.1, 0.15) is 32.1 Å². The maximum absolute atomic E-state index is 10.4. The molecule has 1 aliphatic carbocycles. The zero-order chi connectivity index (χ0) is 10.7. The Balaban J connectivity index is 1.78. The van der Waals surface area contributed by atoms with E-state index < -0.39 is 5.97 Å². The molecule has 1 aliphatic heterocycles. The van der Waals surface area contributed by atoms with Crippen molar-refractivity contribution in [2.45, 2.75) is 44.2 Å². The summed E-state index contributed by atoms with van der Waals surface area (Å²) >= 11 is 0. The van der Waals surface area contributed by atoms with Crippen molar-refractivity contribution < 1.29 is 14.6 Å². The molecule has 4 nitrogen and oxygen atoms in total. The van der Waals surface area contributed by atoms with E-state index in [0.717, 1.165) is 32.0 Å². The van der Waals surface area contributed by atoms with Crippen LogP contribution in [0.15, 0.2) is 0 Å². The highest BCUT2D eigenvalue weighted by atomic mass is 16.5. The predicted molar refractivity (Wildman–Crippen MR) is 55.8 cm³/mol. The minimum Gasteiger partial charge on any atom is -0.480 e. The van der Waals surface area contributed by atoms with Crippen LogP contribution in [0.25, 0.3) is 0 Å². The fraction of sp³-hybridized carbons (Fsp3) is 0.909. The standard InChI is InChI=1S/C11H19NO3/c13-11(14)8-15-10-3-1-2-6-12(7-10)9-4-5-9/h9-10H,1-8H2,(H,13,14). The monoisotopic (exact) mass is 213 g/mol. The van der Waals surface area contributed by atoms with Crippen LogP contribution >= 0.6 is 0 Å². The number of hydrogen-bond acceptors (Lipinski definition) is 3. The zero-order valence-electron chi connectivity index (χ0n) is 9.02. The molecule has 0 radical (unpaired) electrons. The Morgan fingerprint density at radius 2 is 2.13 bits per heavy atom. The lowest BCUT2D eigenvalue weighted by Crippen LogP contribution is -2.34. The van der Waals surface area contributed by atoms with Gasteiger partial charge in [0, 0.05) is 12.6 Å². The largest absolute Gasteiger partial charge is 0.480 e. The number of carbonyl (C=O) groups is 1. The molecule has 2 rings (SSSR count). The van der Waals surface area contributed by atoms with E-state index in [2.05, 4.69) is 4.90 Å². The average molecular weight is 213 g/mol. The fourth-order valence-corrected chi connectivity index (χ4v) is 2.23. The van der Waals surface area contributed by atoms with Crippen molar-refractivity contribution in [3.8, 4) is 0 Å². The second-order valence-corrected chi connectivity index (χ2v) is 4.55. The lowest BCUT2D eigenvalue weighted by molar-refractivity contribution is -0.144. The van der Waals surface area contributed by atoms with Crippen molar-refractivity contribution in [3.05, 3.63) is 0 Å². The fourth-order valence-electron chi connectivity index (χ4n) is 2.23. The minimum atomic E-state index is -0.864. The topological polar surface area (TPSA) is 49.8 Å². The molecular formula is C11H19NO3. The molecule has 0 bridgehead atoms. The lowest BCUT2D eigenvalue weighted by Gasteiger charge is -2.23. The van der Waals surface area contributed by atoms with Crippen molar-refractivity contribution in [3.63, 3.8) is 0 Å². The highest BCUT2D eigenvalue weighted by Crippen LogP contribution is 2.29. The van der Waals surface area contributed by atoms with Gasteiger partial charge in [-0.3, -0.25) is 4.90 Å². The number of aliphatic carboxylic acids is 1. The van der Waals surface area contributed by atoms with Gasteiger partial charge in [-0.05, 0) is 38.6 Å². The van der Waals surface area contributed by atoms with Crippen LogP contribution in [0.4, 0.5) is 0 Å². The van der Waals surface area contributed by atoms with Gasteiger partial charge in [0.1, 0.15) is 6.61 Å². The van der Waals surface area contributed by atoms with Gasteiger partial charge in [0.25, 0.3) is 0 Å². The molecule has 2 fully saturated rings. The summed E-state index contributed by atoms with van der Waals surface area (Å²) in [5, 5.41) is 8.56. The highest BCUT2D eigenvalue weighted by molar-refractivity contribution is 5.68. The second kappa shape index (κ2) is 4.94. The van der Waals surface area contributed by atoms with Crippen LogP contribution in [0.2, 0.25) is 0 Å². The summed E-state index contributed by atoms with van der Waals surface area (Å²) in [5.74, 6) is -0.864. The Labute approximate surface area is 90.2 Å². The van der Waals surface area contributed by atoms with Crippen LogP contribution in [0.3, 0.4) is 0 Å². The molecule has 15 heavy (non-hydrogen) atoms. The maximum atomic E-state index is 10.4. The third-order valence-corrected chi connectivity index (χ3v) is 3.17. The quantitative estimate of drug-likeness (QED) is 0.760. The summed E-state index contributed by atoms with van der Waals surface area (Å²) in [6.45, 7) is 1.94. The van der Waals surface area contributed by atoms with Gasteiger partial charge < -0.3 is 9.84 Å². The molecule has 1 heterocycles. The molecule has 0 aromatic rings. The zero-order valence-corrected chi connectivity index (χ0v) is 9.02. The molecule has 4 heteroatoms. The first-order valence-electron chi connectivity index (χ1n) is 5.83. The molecule has 0 aromatic heterocycles. The Morgan fingerprint density at radius 3 is 2.80 bits per heavy atom. The molecule has 1 unspecified atom stereocenters. The van der Waals surface area contributed by atoms with E-state index in [4.69, 9.17) is 9.84 Å². The predicted octanol–water partition coefficient (Wildman–Crippen LogP) is 1.10. The van der Waals surface area contributed by atoms with Gasteiger partial charge in [0.05, 0.1) is 6.10 Å². The number of hydrogen-bond donors (Lipinski definition) is 1. The average Bonchev–Trinajstić information content (AvgIpc) is 3.01. The smallest absolute Gasteiger partial charge is 0.329 e. The maximum Gasteiger partial charge on any atom is 0.329 e. The van der Waals surface area contributed by atoms with Gasteiger partial charge in [-0.25, -0.2) is 4.79 Å². The number of carboxylic acids is 1. The number of ether oxygens (including phenoxy) is 1. The van der Waals surface area contributed by atoms with E-state index in [0.29, 0.717) is 0 Å². The van der Waals surface area contributed by atoms with E-state index in [1.165, 1.54) is 19.3 Å². The van der Waals surface area contributed by atoms with E-state index in [1.54, 1.807) is 0 Å². The van der Waals surface area contributed by atoms with Crippen molar-refractivity contribution in [1.29, 1.82) is 0 Å². The summed E-state index contributed by atoms with van der Waals surface area (Å²) in [7, 11) is 0. The van der Waals surface area contributed by atoms with Crippen LogP contribution in [-0.2, 0) is 9.53 Å². The number of carboxylic acid groups (broad SMARTS) is 1. The van der Waals surface area contributed by atoms with E-state index in [9.17, 15) is 4.79 Å². The molecule has 0 spiro atoms. The molecular weight excluding hydrogens is 194 g/mol. The number of nitrogens with zero attached hydrogens (tertiary/aromatic N) is 1. The van der Waals surface area contributed by atoms with Gasteiger partial charge in [-0.2, -0.15) is 0 Å². The Morgan fingerprint density at radius 1 is 1.33 bits per heavy atom. The van der Waals surface area contributed by atoms with Crippen LogP contribution in [-0.4, -0.2) is 47.8 Å². The van der Waals surface area contributed by atoms with E-state index in [-0.39, 0.29) is 12.7 Å². The molecule has 1 N–H and O–H groups in total. The van der Waals surface area contributed by atoms with Crippen molar-refractivity contribution >= 4 is 5.97 Å². The van der Waals surface area contributed by atoms with Gasteiger partial charge in [0.15, 0.2) is 0 Å². The Bertz CT molecular complexity index is 228. The van der Waals surface area contributed by atoms with Crippen molar-refractivity contribution in [2.75, 3.05) is 19.7 Å². The second-order valence-electron chi connectivity index (χ2n) is 4.55. The molecule has 0 aromatic carbocycles. The minimum absolute atomic E-state index is 0.129. The Hall–Kier alpha value is -0.610. The van der Waals surface area contributed by atoms with Crippen LogP contribution in [0.5, 0.6) is 0 Å². The van der Waals surface area contributed by atoms with Crippen molar-refractivity contribution in [1.82, 2.24) is 4.90 Å². The van der Waals surface area contributed by atoms with Gasteiger partial charge in [-0.1, -0.05) is 0 Å². The first kappa shape index (κ1) is 10.9. The highest BCUT2D eigenvalue weighted by Gasteiger charge is 2.31. The first-order valence-corrected chi connectivity index (χ1v) is 5.83. The summed E-state index contributed by atoms with van der Waals surface area (Å²) in [6.07, 6.45) is 6.15. The molecule has 0 amide bonds. The third kappa shape index (κ3) is 3.47. The van der Waals surface area contributed by atoms with E-state index >= 15 is 0 Å². The first-order chi connectivity index (χ1) is 7.25. The normalized spacial score (nSPS) is 28.7. The summed E-state index contributed by atoms with van der Waals surface area (Å²) < 4.78 is 5.39. The Kier molecular flexibility index (Phi) is 3.59. The molecule has 1 saturated heterocycles. The van der Waals surface area contributed by atoms with Gasteiger partial charge >= 0.3 is 5.97 Å². The van der Waals surface area contributed by atoms with Crippen LogP contribution < -0.4 is 0 Å². The molecule has 1 atom stereocenters. The number of rotatable bonds is 4. The van der Waals surface area contributed by atoms with Crippen LogP contribution in [0, 0.1) is 0 Å². The molecule has 86 valence electrons. The molecule has 2 aliphatic rings. The SMILES string of the molecule is O=C(O)COC1CCCCN(C2CC2)C1. The summed E-state index contributed by atoms with van der Waals surface area (Å²) in [5.41, 5.74) is 0. The third-order valence-electron chi connectivity index (χ3n) is 3.17. The number of likely N-dealkylation sites (tertiary alicyclic amines) is 1. The van der Waals surface area contributed by atoms with E-state index in [1.807, 2.05) is 0 Å². The van der Waals surface area contributed by atoms with Gasteiger partial charge in [-0.15, -0.1) is 0 Å². The lowest BCUT2D eigenvalue weighted by atomic mass is 10.2. The summed E-state index contributed by atoms with van der Waals surface area (Å²) in [4.78, 5) is 12.9. The summed E-state index contributed by atoms with van der Waals surface area (Å²) in [6, 6.07) is 0.763. The van der Waals surface area contributed by atoms with Crippen molar-refractivity contribution in [2.24, 2.45) is 0 Å². The molecule has 1 saturated carbocycles.